The van der Waals surface area contributed by atoms with E-state index in [1.54, 1.807) is 0 Å². The molecule has 0 aliphatic carbocycles. The van der Waals surface area contributed by atoms with E-state index in [0.717, 1.165) is 13.0 Å². The van der Waals surface area contributed by atoms with Gasteiger partial charge in [-0.15, -0.1) is 0 Å². The van der Waals surface area contributed by atoms with Crippen molar-refractivity contribution in [3.63, 3.8) is 0 Å². The van der Waals surface area contributed by atoms with E-state index in [1.165, 1.54) is 25.8 Å². The molecule has 0 saturated carbocycles. The number of likely N-dealkylation sites (tertiary alicyclic amines) is 1. The highest BCUT2D eigenvalue weighted by Crippen LogP contribution is 2.15. The summed E-state index contributed by atoms with van der Waals surface area (Å²) in [5.74, 6) is -0.834. The molecule has 2 unspecified atom stereocenters. The summed E-state index contributed by atoms with van der Waals surface area (Å²) in [6, 6.07) is 0.325. The molecule has 21 heavy (non-hydrogen) atoms. The van der Waals surface area contributed by atoms with E-state index in [1.807, 2.05) is 6.92 Å². The molecule has 2 atom stereocenters. The zero-order valence-corrected chi connectivity index (χ0v) is 13.2. The van der Waals surface area contributed by atoms with Gasteiger partial charge in [0, 0.05) is 31.6 Å². The Bertz CT molecular complexity index is 336. The van der Waals surface area contributed by atoms with Gasteiger partial charge in [-0.3, -0.25) is 4.79 Å². The van der Waals surface area contributed by atoms with Crippen LogP contribution in [0.5, 0.6) is 0 Å². The number of nitrogens with one attached hydrogen (secondary N) is 2. The van der Waals surface area contributed by atoms with Gasteiger partial charge in [0.05, 0.1) is 0 Å². The standard InChI is InChI=1S/C15H29N3O3/c1-12(7-8-14(19)20)17-15(21)16-9-5-11-18-10-4-3-6-13(18)2/h12-13H,3-11H2,1-2H3,(H,19,20)(H2,16,17,21). The third-order valence-electron chi connectivity index (χ3n) is 4.02. The second-order valence-electron chi connectivity index (χ2n) is 5.97. The second kappa shape index (κ2) is 9.60. The first-order valence-electron chi connectivity index (χ1n) is 7.99. The molecule has 2 amide bonds. The third-order valence-corrected chi connectivity index (χ3v) is 4.02. The van der Waals surface area contributed by atoms with Crippen LogP contribution in [0.25, 0.3) is 0 Å². The van der Waals surface area contributed by atoms with Crippen LogP contribution >= 0.6 is 0 Å². The predicted octanol–water partition coefficient (Wildman–Crippen LogP) is 1.80. The van der Waals surface area contributed by atoms with Crippen molar-refractivity contribution >= 4 is 12.0 Å². The molecule has 1 fully saturated rings. The highest BCUT2D eigenvalue weighted by molar-refractivity contribution is 5.74. The summed E-state index contributed by atoms with van der Waals surface area (Å²) in [5, 5.41) is 14.2. The van der Waals surface area contributed by atoms with E-state index >= 15 is 0 Å². The monoisotopic (exact) mass is 299 g/mol. The Morgan fingerprint density at radius 3 is 2.81 bits per heavy atom. The van der Waals surface area contributed by atoms with Gasteiger partial charge in [-0.1, -0.05) is 6.42 Å². The van der Waals surface area contributed by atoms with Crippen LogP contribution in [-0.2, 0) is 4.79 Å². The van der Waals surface area contributed by atoms with Crippen molar-refractivity contribution in [3.8, 4) is 0 Å². The van der Waals surface area contributed by atoms with E-state index in [0.29, 0.717) is 19.0 Å². The first kappa shape index (κ1) is 17.8. The average Bonchev–Trinajstić information content (AvgIpc) is 2.43. The maximum absolute atomic E-state index is 11.6. The summed E-state index contributed by atoms with van der Waals surface area (Å²) >= 11 is 0. The van der Waals surface area contributed by atoms with Crippen LogP contribution in [0.4, 0.5) is 4.79 Å². The Hall–Kier alpha value is -1.30. The van der Waals surface area contributed by atoms with E-state index in [4.69, 9.17) is 5.11 Å². The van der Waals surface area contributed by atoms with Gasteiger partial charge in [-0.25, -0.2) is 4.79 Å². The second-order valence-corrected chi connectivity index (χ2v) is 5.97. The number of nitrogens with zero attached hydrogens (tertiary/aromatic N) is 1. The highest BCUT2D eigenvalue weighted by atomic mass is 16.4. The van der Waals surface area contributed by atoms with Crippen LogP contribution in [0.1, 0.15) is 52.4 Å². The van der Waals surface area contributed by atoms with Gasteiger partial charge in [0.15, 0.2) is 0 Å². The van der Waals surface area contributed by atoms with Crippen LogP contribution in [0.3, 0.4) is 0 Å². The van der Waals surface area contributed by atoms with Crippen LogP contribution in [0.15, 0.2) is 0 Å². The van der Waals surface area contributed by atoms with E-state index in [-0.39, 0.29) is 18.5 Å². The molecule has 0 aromatic carbocycles. The van der Waals surface area contributed by atoms with Crippen LogP contribution < -0.4 is 10.6 Å². The van der Waals surface area contributed by atoms with Crippen LogP contribution in [0, 0.1) is 0 Å². The van der Waals surface area contributed by atoms with Gasteiger partial charge in [0.1, 0.15) is 0 Å². The molecule has 0 bridgehead atoms. The van der Waals surface area contributed by atoms with Gasteiger partial charge in [-0.05, 0) is 46.1 Å². The molecule has 122 valence electrons. The molecule has 0 spiro atoms. The zero-order chi connectivity index (χ0) is 15.7. The summed E-state index contributed by atoms with van der Waals surface area (Å²) in [6.07, 6.45) is 5.35. The van der Waals surface area contributed by atoms with Crippen LogP contribution in [0.2, 0.25) is 0 Å². The molecular weight excluding hydrogens is 270 g/mol. The Balaban J connectivity index is 2.06. The van der Waals surface area contributed by atoms with Crippen molar-refractivity contribution in [2.24, 2.45) is 0 Å². The average molecular weight is 299 g/mol. The summed E-state index contributed by atoms with van der Waals surface area (Å²) in [6.45, 7) is 6.93. The SMILES string of the molecule is CC(CCC(=O)O)NC(=O)NCCCN1CCCCC1C. The minimum absolute atomic E-state index is 0.0777. The minimum Gasteiger partial charge on any atom is -0.481 e. The molecular formula is C15H29N3O3. The van der Waals surface area contributed by atoms with E-state index in [2.05, 4.69) is 22.5 Å². The van der Waals surface area contributed by atoms with Crippen molar-refractivity contribution in [2.45, 2.75) is 64.5 Å². The topological polar surface area (TPSA) is 81.7 Å². The largest absolute Gasteiger partial charge is 0.481 e. The highest BCUT2D eigenvalue weighted by Gasteiger charge is 2.17. The smallest absolute Gasteiger partial charge is 0.314 e. The predicted molar refractivity (Wildman–Crippen MR) is 82.4 cm³/mol. The Kier molecular flexibility index (Phi) is 8.12. The van der Waals surface area contributed by atoms with Crippen molar-refractivity contribution in [1.29, 1.82) is 0 Å². The lowest BCUT2D eigenvalue weighted by Gasteiger charge is -2.33. The molecule has 1 rings (SSSR count). The molecule has 1 aliphatic rings. The van der Waals surface area contributed by atoms with Gasteiger partial charge >= 0.3 is 12.0 Å². The minimum atomic E-state index is -0.834. The number of carboxylic acids is 1. The number of carboxylic acid groups (broad SMARTS) is 1. The first-order chi connectivity index (χ1) is 9.99. The number of piperidine rings is 1. The van der Waals surface area contributed by atoms with Gasteiger partial charge in [-0.2, -0.15) is 0 Å². The van der Waals surface area contributed by atoms with Crippen molar-refractivity contribution in [1.82, 2.24) is 15.5 Å². The molecule has 3 N–H and O–H groups in total. The quantitative estimate of drug-likeness (QED) is 0.597. The number of urea groups is 1. The van der Waals surface area contributed by atoms with Gasteiger partial charge in [0.2, 0.25) is 0 Å². The van der Waals surface area contributed by atoms with Gasteiger partial charge in [0.25, 0.3) is 0 Å². The summed E-state index contributed by atoms with van der Waals surface area (Å²) in [7, 11) is 0. The molecule has 0 radical (unpaired) electrons. The number of aliphatic carboxylic acids is 1. The molecule has 6 heteroatoms. The number of rotatable bonds is 8. The molecule has 1 heterocycles. The van der Waals surface area contributed by atoms with Crippen molar-refractivity contribution < 1.29 is 14.7 Å². The molecule has 6 nitrogen and oxygen atoms in total. The number of hydrogen-bond donors (Lipinski definition) is 3. The Morgan fingerprint density at radius 2 is 2.14 bits per heavy atom. The summed E-state index contributed by atoms with van der Waals surface area (Å²) in [4.78, 5) is 24.6. The zero-order valence-electron chi connectivity index (χ0n) is 13.2. The maximum atomic E-state index is 11.6. The van der Waals surface area contributed by atoms with Crippen LogP contribution in [-0.4, -0.2) is 53.7 Å². The fourth-order valence-corrected chi connectivity index (χ4v) is 2.66. The van der Waals surface area contributed by atoms with E-state index < -0.39 is 5.97 Å². The first-order valence-corrected chi connectivity index (χ1v) is 7.99. The number of carbonyl (C=O) groups is 2. The van der Waals surface area contributed by atoms with Gasteiger partial charge < -0.3 is 20.6 Å². The molecule has 1 aliphatic heterocycles. The van der Waals surface area contributed by atoms with E-state index in [9.17, 15) is 9.59 Å². The number of carbonyl (C=O) groups excluding carboxylic acids is 1. The fraction of sp³-hybridized carbons (Fsp3) is 0.867. The Labute approximate surface area is 127 Å². The van der Waals surface area contributed by atoms with Crippen molar-refractivity contribution in [2.75, 3.05) is 19.6 Å². The number of hydrogen-bond acceptors (Lipinski definition) is 3. The van der Waals surface area contributed by atoms with Crippen molar-refractivity contribution in [3.05, 3.63) is 0 Å². The summed E-state index contributed by atoms with van der Waals surface area (Å²) < 4.78 is 0. The lowest BCUT2D eigenvalue weighted by atomic mass is 10.0. The fourth-order valence-electron chi connectivity index (χ4n) is 2.66. The molecule has 0 aromatic heterocycles. The lowest BCUT2D eigenvalue weighted by Crippen LogP contribution is -2.43. The third kappa shape index (κ3) is 7.90. The number of amides is 2. The lowest BCUT2D eigenvalue weighted by molar-refractivity contribution is -0.137. The summed E-state index contributed by atoms with van der Waals surface area (Å²) in [5.41, 5.74) is 0. The molecule has 0 aromatic rings. The Morgan fingerprint density at radius 1 is 1.38 bits per heavy atom. The normalized spacial score (nSPS) is 20.8. The maximum Gasteiger partial charge on any atom is 0.314 e. The molecule has 1 saturated heterocycles.